The smallest absolute Gasteiger partial charge is 0.295 e. The SMILES string of the molecule is CCCNc1nnc(SCCC(=O)Nc2c(C)n(C)n(-c3ccccc3)c2=O)s1. The monoisotopic (exact) mass is 432 g/mol. The number of hydrogen-bond donors (Lipinski definition) is 2. The van der Waals surface area contributed by atoms with Crippen molar-refractivity contribution in [3.63, 3.8) is 0 Å². The van der Waals surface area contributed by atoms with E-state index in [-0.39, 0.29) is 17.9 Å². The molecule has 0 aliphatic rings. The molecule has 8 nitrogen and oxygen atoms in total. The number of nitrogens with zero attached hydrogens (tertiary/aromatic N) is 4. The van der Waals surface area contributed by atoms with E-state index in [1.807, 2.05) is 37.3 Å². The van der Waals surface area contributed by atoms with E-state index in [0.717, 1.165) is 28.1 Å². The van der Waals surface area contributed by atoms with Gasteiger partial charge in [-0.2, -0.15) is 0 Å². The van der Waals surface area contributed by atoms with Crippen LogP contribution in [0.3, 0.4) is 0 Å². The summed E-state index contributed by atoms with van der Waals surface area (Å²) in [5, 5.41) is 14.9. The Hall–Kier alpha value is -2.59. The molecular weight excluding hydrogens is 408 g/mol. The van der Waals surface area contributed by atoms with E-state index in [2.05, 4.69) is 27.8 Å². The summed E-state index contributed by atoms with van der Waals surface area (Å²) in [4.78, 5) is 25.2. The number of anilines is 2. The minimum atomic E-state index is -0.243. The number of amides is 1. The third kappa shape index (κ3) is 5.07. The Morgan fingerprint density at radius 2 is 2.00 bits per heavy atom. The maximum atomic E-state index is 12.8. The predicted molar refractivity (Wildman–Crippen MR) is 118 cm³/mol. The van der Waals surface area contributed by atoms with Crippen LogP contribution in [0.15, 0.2) is 39.5 Å². The van der Waals surface area contributed by atoms with Crippen molar-refractivity contribution in [2.45, 2.75) is 31.0 Å². The lowest BCUT2D eigenvalue weighted by Crippen LogP contribution is -2.23. The first-order chi connectivity index (χ1) is 14.0. The number of carbonyl (C=O) groups excluding carboxylic acids is 1. The van der Waals surface area contributed by atoms with Crippen LogP contribution < -0.4 is 16.2 Å². The molecule has 1 amide bonds. The molecule has 0 bridgehead atoms. The molecule has 154 valence electrons. The van der Waals surface area contributed by atoms with E-state index in [1.54, 1.807) is 16.4 Å². The second kappa shape index (κ2) is 9.75. The Kier molecular flexibility index (Phi) is 7.10. The first kappa shape index (κ1) is 21.1. The maximum absolute atomic E-state index is 12.8. The summed E-state index contributed by atoms with van der Waals surface area (Å²) in [5.74, 6) is 0.366. The predicted octanol–water partition coefficient (Wildman–Crippen LogP) is 3.28. The van der Waals surface area contributed by atoms with Crippen molar-refractivity contribution in [2.75, 3.05) is 22.9 Å². The van der Waals surface area contributed by atoms with Gasteiger partial charge in [-0.25, -0.2) is 4.68 Å². The van der Waals surface area contributed by atoms with Gasteiger partial charge in [-0.15, -0.1) is 10.2 Å². The topological polar surface area (TPSA) is 93.8 Å². The molecule has 2 heterocycles. The van der Waals surface area contributed by atoms with Gasteiger partial charge in [0.25, 0.3) is 5.56 Å². The van der Waals surface area contributed by atoms with Gasteiger partial charge in [0.1, 0.15) is 5.69 Å². The van der Waals surface area contributed by atoms with Gasteiger partial charge < -0.3 is 10.6 Å². The first-order valence-corrected chi connectivity index (χ1v) is 11.2. The van der Waals surface area contributed by atoms with Gasteiger partial charge in [0.2, 0.25) is 11.0 Å². The molecule has 0 aliphatic carbocycles. The number of para-hydroxylation sites is 1. The lowest BCUT2D eigenvalue weighted by Gasteiger charge is -2.07. The Balaban J connectivity index is 1.60. The summed E-state index contributed by atoms with van der Waals surface area (Å²) < 4.78 is 4.11. The van der Waals surface area contributed by atoms with Crippen LogP contribution in [0.25, 0.3) is 5.69 Å². The van der Waals surface area contributed by atoms with Crippen LogP contribution >= 0.6 is 23.1 Å². The number of thioether (sulfide) groups is 1. The van der Waals surface area contributed by atoms with E-state index in [1.165, 1.54) is 23.1 Å². The summed E-state index contributed by atoms with van der Waals surface area (Å²) in [6.07, 6.45) is 1.30. The number of nitrogens with one attached hydrogen (secondary N) is 2. The van der Waals surface area contributed by atoms with E-state index < -0.39 is 0 Å². The highest BCUT2D eigenvalue weighted by Crippen LogP contribution is 2.26. The molecule has 1 aromatic carbocycles. The van der Waals surface area contributed by atoms with Gasteiger partial charge in [-0.3, -0.25) is 14.3 Å². The zero-order valence-corrected chi connectivity index (χ0v) is 18.3. The lowest BCUT2D eigenvalue weighted by molar-refractivity contribution is -0.115. The van der Waals surface area contributed by atoms with Crippen LogP contribution in [-0.4, -0.2) is 37.8 Å². The summed E-state index contributed by atoms with van der Waals surface area (Å²) >= 11 is 2.96. The highest BCUT2D eigenvalue weighted by molar-refractivity contribution is 8.01. The van der Waals surface area contributed by atoms with Crippen molar-refractivity contribution in [1.82, 2.24) is 19.6 Å². The molecule has 10 heteroatoms. The Bertz CT molecular complexity index is 1030. The molecule has 3 aromatic rings. The van der Waals surface area contributed by atoms with Gasteiger partial charge in [-0.05, 0) is 25.5 Å². The molecule has 0 aliphatic heterocycles. The number of rotatable bonds is 9. The number of hydrogen-bond acceptors (Lipinski definition) is 7. The summed E-state index contributed by atoms with van der Waals surface area (Å²) in [7, 11) is 1.80. The van der Waals surface area contributed by atoms with Crippen LogP contribution in [0.4, 0.5) is 10.8 Å². The third-order valence-electron chi connectivity index (χ3n) is 4.31. The van der Waals surface area contributed by atoms with Crippen molar-refractivity contribution < 1.29 is 4.79 Å². The molecule has 0 fully saturated rings. The fraction of sp³-hybridized carbons (Fsp3) is 0.368. The molecule has 0 saturated carbocycles. The minimum Gasteiger partial charge on any atom is -0.360 e. The normalized spacial score (nSPS) is 10.9. The molecule has 2 N–H and O–H groups in total. The number of benzene rings is 1. The fourth-order valence-corrected chi connectivity index (χ4v) is 4.50. The Labute approximate surface area is 177 Å². The van der Waals surface area contributed by atoms with Crippen molar-refractivity contribution in [3.8, 4) is 5.69 Å². The van der Waals surface area contributed by atoms with E-state index in [0.29, 0.717) is 17.1 Å². The third-order valence-corrected chi connectivity index (χ3v) is 6.32. The lowest BCUT2D eigenvalue weighted by atomic mass is 10.3. The van der Waals surface area contributed by atoms with E-state index >= 15 is 0 Å². The maximum Gasteiger partial charge on any atom is 0.295 e. The second-order valence-electron chi connectivity index (χ2n) is 6.38. The second-order valence-corrected chi connectivity index (χ2v) is 8.70. The van der Waals surface area contributed by atoms with Crippen LogP contribution in [-0.2, 0) is 11.8 Å². The van der Waals surface area contributed by atoms with Crippen molar-refractivity contribution in [3.05, 3.63) is 46.4 Å². The van der Waals surface area contributed by atoms with E-state index in [4.69, 9.17) is 0 Å². The molecule has 0 atom stereocenters. The molecule has 0 saturated heterocycles. The first-order valence-electron chi connectivity index (χ1n) is 9.35. The Morgan fingerprint density at radius 1 is 1.24 bits per heavy atom. The van der Waals surface area contributed by atoms with Gasteiger partial charge in [0.15, 0.2) is 4.34 Å². The molecule has 0 spiro atoms. The van der Waals surface area contributed by atoms with Crippen molar-refractivity contribution >= 4 is 39.8 Å². The largest absolute Gasteiger partial charge is 0.360 e. The number of carbonyl (C=O) groups is 1. The van der Waals surface area contributed by atoms with Gasteiger partial charge in [-0.1, -0.05) is 48.2 Å². The highest BCUT2D eigenvalue weighted by Gasteiger charge is 2.18. The van der Waals surface area contributed by atoms with Crippen LogP contribution in [0.5, 0.6) is 0 Å². The molecule has 29 heavy (non-hydrogen) atoms. The van der Waals surface area contributed by atoms with Crippen LogP contribution in [0.2, 0.25) is 0 Å². The quantitative estimate of drug-likeness (QED) is 0.504. The van der Waals surface area contributed by atoms with Gasteiger partial charge >= 0.3 is 0 Å². The summed E-state index contributed by atoms with van der Waals surface area (Å²) in [6.45, 7) is 4.77. The average molecular weight is 433 g/mol. The summed E-state index contributed by atoms with van der Waals surface area (Å²) in [6, 6.07) is 9.35. The van der Waals surface area contributed by atoms with Gasteiger partial charge in [0, 0.05) is 25.8 Å². The molecular formula is C19H24N6O2S2. The van der Waals surface area contributed by atoms with Crippen LogP contribution in [0.1, 0.15) is 25.5 Å². The number of aromatic nitrogens is 4. The minimum absolute atomic E-state index is 0.197. The van der Waals surface area contributed by atoms with Gasteiger partial charge in [0.05, 0.1) is 11.4 Å². The van der Waals surface area contributed by atoms with Crippen molar-refractivity contribution in [2.24, 2.45) is 7.05 Å². The molecule has 3 rings (SSSR count). The highest BCUT2D eigenvalue weighted by atomic mass is 32.2. The zero-order valence-electron chi connectivity index (χ0n) is 16.6. The average Bonchev–Trinajstić information content (AvgIpc) is 3.25. The van der Waals surface area contributed by atoms with E-state index in [9.17, 15) is 9.59 Å². The summed E-state index contributed by atoms with van der Waals surface area (Å²) in [5.41, 5.74) is 1.53. The Morgan fingerprint density at radius 3 is 2.72 bits per heavy atom. The standard InChI is InChI=1S/C19H24N6O2S2/c1-4-11-20-18-22-23-19(29-18)28-12-10-15(26)21-16-13(2)24(3)25(17(16)27)14-8-6-5-7-9-14/h5-9H,4,10-12H2,1-3H3,(H,20,22)(H,21,26). The molecule has 2 aromatic heterocycles. The fourth-order valence-electron chi connectivity index (χ4n) is 2.72. The zero-order chi connectivity index (χ0) is 20.8. The van der Waals surface area contributed by atoms with Crippen molar-refractivity contribution in [1.29, 1.82) is 0 Å². The van der Waals surface area contributed by atoms with Crippen LogP contribution in [0, 0.1) is 6.92 Å². The molecule has 0 unspecified atom stereocenters. The molecule has 0 radical (unpaired) electrons.